The normalized spacial score (nSPS) is 15.8. The van der Waals surface area contributed by atoms with Gasteiger partial charge in [0.1, 0.15) is 15.6 Å². The van der Waals surface area contributed by atoms with Crippen LogP contribution in [-0.4, -0.2) is 39.5 Å². The fourth-order valence-electron chi connectivity index (χ4n) is 2.21. The maximum absolute atomic E-state index is 11.6. The molecule has 7 heteroatoms. The monoisotopic (exact) mass is 312 g/mol. The van der Waals surface area contributed by atoms with Crippen LogP contribution in [-0.2, 0) is 14.6 Å². The second-order valence-electron chi connectivity index (χ2n) is 5.19. The largest absolute Gasteiger partial charge is 0.482 e. The summed E-state index contributed by atoms with van der Waals surface area (Å²) >= 11 is 0. The molecule has 1 unspecified atom stereocenters. The van der Waals surface area contributed by atoms with E-state index in [-0.39, 0.29) is 24.3 Å². The summed E-state index contributed by atoms with van der Waals surface area (Å²) in [6.45, 7) is 2.75. The summed E-state index contributed by atoms with van der Waals surface area (Å²) < 4.78 is 28.5. The van der Waals surface area contributed by atoms with Crippen molar-refractivity contribution in [3.63, 3.8) is 0 Å². The van der Waals surface area contributed by atoms with Crippen LogP contribution in [0.15, 0.2) is 18.2 Å². The van der Waals surface area contributed by atoms with Crippen molar-refractivity contribution in [3.8, 4) is 5.75 Å². The van der Waals surface area contributed by atoms with Crippen molar-refractivity contribution in [1.82, 2.24) is 5.32 Å². The van der Waals surface area contributed by atoms with E-state index in [9.17, 15) is 13.2 Å². The molecule has 1 aromatic rings. The molecule has 0 spiro atoms. The number of nitrogens with one attached hydrogen (secondary N) is 2. The standard InChI is InChI=1S/C14H20N2O4S/c1-3-6-15-12(9-21(2,18)19)10-4-5-13-11(7-10)16-14(17)8-20-13/h4-5,7,12,15H,3,6,8-9H2,1-2H3,(H,16,17). The van der Waals surface area contributed by atoms with Crippen molar-refractivity contribution in [1.29, 1.82) is 0 Å². The van der Waals surface area contributed by atoms with E-state index in [0.29, 0.717) is 11.4 Å². The Labute approximate surface area is 124 Å². The van der Waals surface area contributed by atoms with Crippen LogP contribution in [0.4, 0.5) is 5.69 Å². The van der Waals surface area contributed by atoms with E-state index in [4.69, 9.17) is 4.74 Å². The number of rotatable bonds is 6. The zero-order chi connectivity index (χ0) is 15.5. The number of carbonyl (C=O) groups excluding carboxylic acids is 1. The van der Waals surface area contributed by atoms with Crippen LogP contribution in [0, 0.1) is 0 Å². The molecule has 116 valence electrons. The third kappa shape index (κ3) is 4.44. The van der Waals surface area contributed by atoms with Crippen molar-refractivity contribution in [3.05, 3.63) is 23.8 Å². The maximum atomic E-state index is 11.6. The first-order valence-corrected chi connectivity index (χ1v) is 8.93. The minimum absolute atomic E-state index is 0.00714. The van der Waals surface area contributed by atoms with E-state index in [1.807, 2.05) is 13.0 Å². The van der Waals surface area contributed by atoms with Crippen molar-refractivity contribution in [2.24, 2.45) is 0 Å². The molecule has 0 radical (unpaired) electrons. The van der Waals surface area contributed by atoms with Gasteiger partial charge < -0.3 is 15.4 Å². The Morgan fingerprint density at radius 3 is 2.86 bits per heavy atom. The quantitative estimate of drug-likeness (QED) is 0.822. The number of carbonyl (C=O) groups is 1. The molecule has 0 fully saturated rings. The first-order chi connectivity index (χ1) is 9.89. The van der Waals surface area contributed by atoms with Crippen LogP contribution < -0.4 is 15.4 Å². The van der Waals surface area contributed by atoms with Crippen LogP contribution in [0.3, 0.4) is 0 Å². The van der Waals surface area contributed by atoms with Gasteiger partial charge in [-0.1, -0.05) is 13.0 Å². The van der Waals surface area contributed by atoms with Gasteiger partial charge in [-0.2, -0.15) is 0 Å². The number of hydrogen-bond acceptors (Lipinski definition) is 5. The lowest BCUT2D eigenvalue weighted by atomic mass is 10.1. The van der Waals surface area contributed by atoms with Gasteiger partial charge in [0.15, 0.2) is 6.61 Å². The molecule has 1 aromatic carbocycles. The van der Waals surface area contributed by atoms with Gasteiger partial charge in [0.2, 0.25) is 0 Å². The summed E-state index contributed by atoms with van der Waals surface area (Å²) in [6.07, 6.45) is 2.13. The molecule has 0 aliphatic carbocycles. The number of amides is 1. The van der Waals surface area contributed by atoms with Crippen molar-refractivity contribution in [2.45, 2.75) is 19.4 Å². The predicted octanol–water partition coefficient (Wildman–Crippen LogP) is 1.10. The topological polar surface area (TPSA) is 84.5 Å². The van der Waals surface area contributed by atoms with Gasteiger partial charge >= 0.3 is 0 Å². The fourth-order valence-corrected chi connectivity index (χ4v) is 3.13. The molecule has 0 saturated carbocycles. The molecule has 1 heterocycles. The lowest BCUT2D eigenvalue weighted by Crippen LogP contribution is -2.29. The smallest absolute Gasteiger partial charge is 0.262 e. The summed E-state index contributed by atoms with van der Waals surface area (Å²) in [5.74, 6) is 0.411. The van der Waals surface area contributed by atoms with Crippen LogP contribution in [0.2, 0.25) is 0 Å². The van der Waals surface area contributed by atoms with Gasteiger partial charge in [0, 0.05) is 12.3 Å². The van der Waals surface area contributed by atoms with Gasteiger partial charge in [0.05, 0.1) is 11.4 Å². The second kappa shape index (κ2) is 6.44. The Morgan fingerprint density at radius 1 is 1.43 bits per heavy atom. The van der Waals surface area contributed by atoms with Crippen molar-refractivity contribution < 1.29 is 17.9 Å². The zero-order valence-electron chi connectivity index (χ0n) is 12.2. The molecule has 1 atom stereocenters. The zero-order valence-corrected chi connectivity index (χ0v) is 13.0. The van der Waals surface area contributed by atoms with Crippen LogP contribution in [0.25, 0.3) is 0 Å². The summed E-state index contributed by atoms with van der Waals surface area (Å²) in [7, 11) is -3.12. The van der Waals surface area contributed by atoms with E-state index in [1.54, 1.807) is 12.1 Å². The molecule has 0 aromatic heterocycles. The first kappa shape index (κ1) is 15.8. The van der Waals surface area contributed by atoms with Gasteiger partial charge in [-0.05, 0) is 30.7 Å². The van der Waals surface area contributed by atoms with Crippen molar-refractivity contribution >= 4 is 21.4 Å². The third-order valence-electron chi connectivity index (χ3n) is 3.15. The van der Waals surface area contributed by atoms with E-state index in [0.717, 1.165) is 18.5 Å². The van der Waals surface area contributed by atoms with E-state index >= 15 is 0 Å². The lowest BCUT2D eigenvalue weighted by molar-refractivity contribution is -0.118. The average molecular weight is 312 g/mol. The molecule has 21 heavy (non-hydrogen) atoms. The highest BCUT2D eigenvalue weighted by molar-refractivity contribution is 7.90. The average Bonchev–Trinajstić information content (AvgIpc) is 2.41. The SMILES string of the molecule is CCCNC(CS(C)(=O)=O)c1ccc2c(c1)NC(=O)CO2. The number of benzene rings is 1. The summed E-state index contributed by atoms with van der Waals surface area (Å²) in [4.78, 5) is 11.4. The number of fused-ring (bicyclic) bond motifs is 1. The molecule has 2 N–H and O–H groups in total. The maximum Gasteiger partial charge on any atom is 0.262 e. The van der Waals surface area contributed by atoms with Gasteiger partial charge in [-0.25, -0.2) is 8.42 Å². The van der Waals surface area contributed by atoms with Crippen molar-refractivity contribution in [2.75, 3.05) is 30.5 Å². The molecular weight excluding hydrogens is 292 g/mol. The molecule has 1 amide bonds. The van der Waals surface area contributed by atoms with Gasteiger partial charge in [-0.3, -0.25) is 4.79 Å². The van der Waals surface area contributed by atoms with Gasteiger partial charge in [-0.15, -0.1) is 0 Å². The minimum atomic E-state index is -3.12. The number of anilines is 1. The molecular formula is C14H20N2O4S. The Bertz CT molecular complexity index is 628. The first-order valence-electron chi connectivity index (χ1n) is 6.87. The Hall–Kier alpha value is -1.60. The predicted molar refractivity (Wildman–Crippen MR) is 81.3 cm³/mol. The Kier molecular flexibility index (Phi) is 4.84. The molecule has 0 bridgehead atoms. The van der Waals surface area contributed by atoms with Crippen LogP contribution in [0.5, 0.6) is 5.75 Å². The number of hydrogen-bond donors (Lipinski definition) is 2. The Morgan fingerprint density at radius 2 is 2.19 bits per heavy atom. The third-order valence-corrected chi connectivity index (χ3v) is 4.09. The van der Waals surface area contributed by atoms with Crippen LogP contribution >= 0.6 is 0 Å². The number of sulfone groups is 1. The minimum Gasteiger partial charge on any atom is -0.482 e. The van der Waals surface area contributed by atoms with E-state index in [1.165, 1.54) is 6.26 Å². The fraction of sp³-hybridized carbons (Fsp3) is 0.500. The highest BCUT2D eigenvalue weighted by Crippen LogP contribution is 2.30. The summed E-state index contributed by atoms with van der Waals surface area (Å²) in [6, 6.07) is 5.05. The summed E-state index contributed by atoms with van der Waals surface area (Å²) in [5, 5.41) is 5.96. The molecule has 0 saturated heterocycles. The molecule has 1 aliphatic heterocycles. The lowest BCUT2D eigenvalue weighted by Gasteiger charge is -2.22. The second-order valence-corrected chi connectivity index (χ2v) is 7.38. The van der Waals surface area contributed by atoms with E-state index < -0.39 is 9.84 Å². The molecule has 1 aliphatic rings. The summed E-state index contributed by atoms with van der Waals surface area (Å²) in [5.41, 5.74) is 1.40. The molecule has 6 nitrogen and oxygen atoms in total. The highest BCUT2D eigenvalue weighted by Gasteiger charge is 2.21. The van der Waals surface area contributed by atoms with Gasteiger partial charge in [0.25, 0.3) is 5.91 Å². The highest BCUT2D eigenvalue weighted by atomic mass is 32.2. The number of ether oxygens (including phenoxy) is 1. The Balaban J connectivity index is 2.27. The van der Waals surface area contributed by atoms with E-state index in [2.05, 4.69) is 10.6 Å². The molecule has 2 rings (SSSR count). The van der Waals surface area contributed by atoms with Crippen LogP contribution in [0.1, 0.15) is 24.9 Å².